The van der Waals surface area contributed by atoms with Crippen molar-refractivity contribution in [3.05, 3.63) is 85.0 Å². The predicted octanol–water partition coefficient (Wildman–Crippen LogP) is 6.62. The highest BCUT2D eigenvalue weighted by Crippen LogP contribution is 2.34. The van der Waals surface area contributed by atoms with Gasteiger partial charge in [0, 0.05) is 17.7 Å². The Morgan fingerprint density at radius 1 is 1.03 bits per heavy atom. The monoisotopic (exact) mass is 475 g/mol. The fourth-order valence-corrected chi connectivity index (χ4v) is 3.51. The molecule has 1 aromatic heterocycles. The fraction of sp³-hybridized carbons (Fsp3) is 0.0476. The first-order valence-corrected chi connectivity index (χ1v) is 9.99. The summed E-state index contributed by atoms with van der Waals surface area (Å²) >= 11 is 18.2. The molecular weight excluding hydrogens is 465 g/mol. The lowest BCUT2D eigenvalue weighted by molar-refractivity contribution is -0.384. The van der Waals surface area contributed by atoms with Crippen LogP contribution in [0.25, 0.3) is 17.4 Å². The number of amides is 1. The van der Waals surface area contributed by atoms with Gasteiger partial charge in [0.25, 0.3) is 11.6 Å². The number of nitrogens with zero attached hydrogens (tertiary/aromatic N) is 3. The molecule has 4 rings (SSSR count). The molecule has 0 fully saturated rings. The van der Waals surface area contributed by atoms with Crippen LogP contribution in [0.1, 0.15) is 12.7 Å². The number of nitro groups is 1. The van der Waals surface area contributed by atoms with Crippen LogP contribution in [0, 0.1) is 10.1 Å². The summed E-state index contributed by atoms with van der Waals surface area (Å²) < 4.78 is 5.77. The molecule has 0 spiro atoms. The Bertz CT molecular complexity index is 1300. The lowest BCUT2D eigenvalue weighted by atomic mass is 10.1. The van der Waals surface area contributed by atoms with Crippen LogP contribution in [-0.2, 0) is 4.79 Å². The standard InChI is InChI=1S/C21H12Cl3N3O4/c1-11-15(21(28)26(25-11)12-2-6-18(23)19(24)9-12)10-14-4-7-20(31-14)16-8-13(27(29)30)3-5-17(16)22/h2-10H,1H3/b15-10-. The van der Waals surface area contributed by atoms with E-state index in [1.54, 1.807) is 43.3 Å². The van der Waals surface area contributed by atoms with Gasteiger partial charge in [0.15, 0.2) is 0 Å². The molecule has 31 heavy (non-hydrogen) atoms. The summed E-state index contributed by atoms with van der Waals surface area (Å²) in [5.41, 5.74) is 1.56. The largest absolute Gasteiger partial charge is 0.457 e. The maximum Gasteiger partial charge on any atom is 0.280 e. The number of furan rings is 1. The first kappa shape index (κ1) is 21.1. The Labute approximate surface area is 191 Å². The average molecular weight is 477 g/mol. The molecule has 7 nitrogen and oxygen atoms in total. The lowest BCUT2D eigenvalue weighted by Crippen LogP contribution is -2.21. The molecule has 2 aromatic carbocycles. The normalized spacial score (nSPS) is 15.0. The Kier molecular flexibility index (Phi) is 5.58. The lowest BCUT2D eigenvalue weighted by Gasteiger charge is -2.12. The number of nitro benzene ring substituents is 1. The highest BCUT2D eigenvalue weighted by Gasteiger charge is 2.29. The maximum absolute atomic E-state index is 12.9. The third kappa shape index (κ3) is 4.07. The molecule has 0 bridgehead atoms. The molecule has 0 atom stereocenters. The summed E-state index contributed by atoms with van der Waals surface area (Å²) in [7, 11) is 0. The molecule has 3 aromatic rings. The molecule has 0 aliphatic carbocycles. The quantitative estimate of drug-likeness (QED) is 0.240. The highest BCUT2D eigenvalue weighted by atomic mass is 35.5. The summed E-state index contributed by atoms with van der Waals surface area (Å²) in [5, 5.41) is 17.5. The number of carbonyl (C=O) groups is 1. The molecule has 2 heterocycles. The second-order valence-corrected chi connectivity index (χ2v) is 7.80. The van der Waals surface area contributed by atoms with Crippen LogP contribution in [0.15, 0.2) is 63.6 Å². The molecule has 1 amide bonds. The van der Waals surface area contributed by atoms with Crippen molar-refractivity contribution in [2.24, 2.45) is 5.10 Å². The van der Waals surface area contributed by atoms with Gasteiger partial charge in [0.1, 0.15) is 11.5 Å². The number of halogens is 3. The maximum atomic E-state index is 12.9. The number of hydrogen-bond acceptors (Lipinski definition) is 5. The van der Waals surface area contributed by atoms with Crippen LogP contribution in [0.4, 0.5) is 11.4 Å². The number of hydrogen-bond donors (Lipinski definition) is 0. The zero-order valence-electron chi connectivity index (χ0n) is 15.8. The van der Waals surface area contributed by atoms with Gasteiger partial charge < -0.3 is 4.42 Å². The van der Waals surface area contributed by atoms with Crippen LogP contribution in [0.5, 0.6) is 0 Å². The molecule has 1 aliphatic rings. The van der Waals surface area contributed by atoms with Crippen molar-refractivity contribution in [3.63, 3.8) is 0 Å². The molecule has 0 saturated heterocycles. The van der Waals surface area contributed by atoms with Crippen molar-refractivity contribution in [3.8, 4) is 11.3 Å². The van der Waals surface area contributed by atoms with Crippen molar-refractivity contribution >= 4 is 63.9 Å². The molecule has 0 radical (unpaired) electrons. The van der Waals surface area contributed by atoms with Gasteiger partial charge in [-0.05, 0) is 49.4 Å². The van der Waals surface area contributed by atoms with Gasteiger partial charge in [0.2, 0.25) is 0 Å². The molecule has 0 saturated carbocycles. The first-order valence-electron chi connectivity index (χ1n) is 8.85. The molecule has 0 unspecified atom stereocenters. The van der Waals surface area contributed by atoms with E-state index in [1.165, 1.54) is 23.2 Å². The number of benzene rings is 2. The van der Waals surface area contributed by atoms with Crippen LogP contribution in [0.3, 0.4) is 0 Å². The van der Waals surface area contributed by atoms with Crippen LogP contribution in [0.2, 0.25) is 15.1 Å². The molecular formula is C21H12Cl3N3O4. The van der Waals surface area contributed by atoms with E-state index in [0.29, 0.717) is 49.1 Å². The Morgan fingerprint density at radius 3 is 2.48 bits per heavy atom. The van der Waals surface area contributed by atoms with Crippen LogP contribution in [-0.4, -0.2) is 16.5 Å². The third-order valence-corrected chi connectivity index (χ3v) is 5.62. The SMILES string of the molecule is CC1=NN(c2ccc(Cl)c(Cl)c2)C(=O)/C1=C\c1ccc(-c2cc([N+](=O)[O-])ccc2Cl)o1. The Balaban J connectivity index is 1.65. The topological polar surface area (TPSA) is 89.0 Å². The molecule has 0 N–H and O–H groups in total. The number of hydrazone groups is 1. The van der Waals surface area contributed by atoms with Gasteiger partial charge in [-0.25, -0.2) is 0 Å². The van der Waals surface area contributed by atoms with E-state index in [0.717, 1.165) is 0 Å². The summed E-state index contributed by atoms with van der Waals surface area (Å²) in [6, 6.07) is 12.1. The average Bonchev–Trinajstić information content (AvgIpc) is 3.30. The Hall–Kier alpha value is -3.13. The number of rotatable bonds is 4. The minimum atomic E-state index is -0.514. The van der Waals surface area contributed by atoms with Crippen molar-refractivity contribution < 1.29 is 14.1 Å². The minimum Gasteiger partial charge on any atom is -0.457 e. The van der Waals surface area contributed by atoms with E-state index in [-0.39, 0.29) is 11.6 Å². The summed E-state index contributed by atoms with van der Waals surface area (Å²) in [5.74, 6) is 0.343. The number of anilines is 1. The number of carbonyl (C=O) groups excluding carboxylic acids is 1. The zero-order chi connectivity index (χ0) is 22.3. The van der Waals surface area contributed by atoms with Crippen molar-refractivity contribution in [2.45, 2.75) is 6.92 Å². The van der Waals surface area contributed by atoms with Crippen molar-refractivity contribution in [1.82, 2.24) is 0 Å². The van der Waals surface area contributed by atoms with Gasteiger partial charge in [-0.3, -0.25) is 14.9 Å². The Morgan fingerprint density at radius 2 is 1.77 bits per heavy atom. The highest BCUT2D eigenvalue weighted by molar-refractivity contribution is 6.42. The van der Waals surface area contributed by atoms with E-state index >= 15 is 0 Å². The smallest absolute Gasteiger partial charge is 0.280 e. The number of non-ortho nitro benzene ring substituents is 1. The second-order valence-electron chi connectivity index (χ2n) is 6.58. The van der Waals surface area contributed by atoms with E-state index in [9.17, 15) is 14.9 Å². The van der Waals surface area contributed by atoms with E-state index < -0.39 is 4.92 Å². The van der Waals surface area contributed by atoms with Crippen molar-refractivity contribution in [1.29, 1.82) is 0 Å². The zero-order valence-corrected chi connectivity index (χ0v) is 18.1. The van der Waals surface area contributed by atoms with Gasteiger partial charge in [-0.1, -0.05) is 34.8 Å². The summed E-state index contributed by atoms with van der Waals surface area (Å²) in [6.07, 6.45) is 1.55. The summed E-state index contributed by atoms with van der Waals surface area (Å²) in [4.78, 5) is 23.4. The van der Waals surface area contributed by atoms with Crippen molar-refractivity contribution in [2.75, 3.05) is 5.01 Å². The second kappa shape index (κ2) is 8.19. The van der Waals surface area contributed by atoms with Gasteiger partial charge in [-0.2, -0.15) is 10.1 Å². The molecule has 156 valence electrons. The fourth-order valence-electron chi connectivity index (χ4n) is 3.01. The van der Waals surface area contributed by atoms with Crippen LogP contribution >= 0.6 is 34.8 Å². The van der Waals surface area contributed by atoms with E-state index in [1.807, 2.05) is 0 Å². The van der Waals surface area contributed by atoms with Gasteiger partial charge in [0.05, 0.1) is 37.0 Å². The van der Waals surface area contributed by atoms with E-state index in [2.05, 4.69) is 5.10 Å². The molecule has 10 heteroatoms. The van der Waals surface area contributed by atoms with Gasteiger partial charge in [-0.15, -0.1) is 0 Å². The first-order chi connectivity index (χ1) is 14.7. The summed E-state index contributed by atoms with van der Waals surface area (Å²) in [6.45, 7) is 1.70. The predicted molar refractivity (Wildman–Crippen MR) is 121 cm³/mol. The van der Waals surface area contributed by atoms with Gasteiger partial charge >= 0.3 is 0 Å². The molecule has 1 aliphatic heterocycles. The van der Waals surface area contributed by atoms with E-state index in [4.69, 9.17) is 39.2 Å². The minimum absolute atomic E-state index is 0.109. The third-order valence-electron chi connectivity index (χ3n) is 4.55. The van der Waals surface area contributed by atoms with Crippen LogP contribution < -0.4 is 5.01 Å².